The van der Waals surface area contributed by atoms with Crippen LogP contribution in [-0.2, 0) is 0 Å². The molecular formula is C22H21N3O3S. The molecule has 0 fully saturated rings. The van der Waals surface area contributed by atoms with Crippen LogP contribution in [0.3, 0.4) is 0 Å². The van der Waals surface area contributed by atoms with Gasteiger partial charge >= 0.3 is 0 Å². The minimum atomic E-state index is -0.194. The number of benzene rings is 3. The highest BCUT2D eigenvalue weighted by atomic mass is 32.1. The van der Waals surface area contributed by atoms with Crippen molar-refractivity contribution in [3.8, 4) is 11.5 Å². The Morgan fingerprint density at radius 2 is 1.03 bits per heavy atom. The fraction of sp³-hybridized carbons (Fsp3) is 0.0909. The van der Waals surface area contributed by atoms with Crippen LogP contribution in [-0.4, -0.2) is 25.2 Å². The molecule has 148 valence electrons. The van der Waals surface area contributed by atoms with Gasteiger partial charge in [0.05, 0.1) is 14.2 Å². The average Bonchev–Trinajstić information content (AvgIpc) is 2.75. The lowest BCUT2D eigenvalue weighted by atomic mass is 10.2. The third kappa shape index (κ3) is 5.70. The molecule has 0 bridgehead atoms. The molecule has 29 heavy (non-hydrogen) atoms. The number of nitrogens with one attached hydrogen (secondary N) is 3. The number of anilines is 3. The Balaban J connectivity index is 1.55. The molecule has 0 saturated carbocycles. The van der Waals surface area contributed by atoms with Gasteiger partial charge in [0.15, 0.2) is 5.11 Å². The molecule has 0 atom stereocenters. The van der Waals surface area contributed by atoms with Crippen molar-refractivity contribution in [1.29, 1.82) is 0 Å². The molecule has 7 heteroatoms. The summed E-state index contributed by atoms with van der Waals surface area (Å²) in [6.07, 6.45) is 0. The summed E-state index contributed by atoms with van der Waals surface area (Å²) < 4.78 is 10.2. The highest BCUT2D eigenvalue weighted by Crippen LogP contribution is 2.18. The van der Waals surface area contributed by atoms with E-state index in [1.54, 1.807) is 62.8 Å². The molecule has 1 amide bonds. The fourth-order valence-electron chi connectivity index (χ4n) is 2.55. The standard InChI is InChI=1S/C22H21N3O3S/c1-27-19-11-7-16(8-12-19)23-21(26)15-3-5-17(6-4-15)24-22(29)25-18-9-13-20(28-2)14-10-18/h3-14H,1-2H3,(H,23,26)(H2,24,25,29). The number of methoxy groups -OCH3 is 2. The van der Waals surface area contributed by atoms with E-state index in [0.717, 1.165) is 22.9 Å². The van der Waals surface area contributed by atoms with Crippen molar-refractivity contribution in [2.75, 3.05) is 30.2 Å². The second kappa shape index (κ2) is 9.57. The van der Waals surface area contributed by atoms with Crippen LogP contribution in [0, 0.1) is 0 Å². The maximum absolute atomic E-state index is 12.4. The fourth-order valence-corrected chi connectivity index (χ4v) is 2.79. The van der Waals surface area contributed by atoms with Crippen LogP contribution in [0.2, 0.25) is 0 Å². The van der Waals surface area contributed by atoms with Crippen molar-refractivity contribution in [2.45, 2.75) is 0 Å². The molecule has 0 saturated heterocycles. The van der Waals surface area contributed by atoms with Crippen LogP contribution < -0.4 is 25.4 Å². The Morgan fingerprint density at radius 3 is 1.45 bits per heavy atom. The third-order valence-electron chi connectivity index (χ3n) is 4.10. The van der Waals surface area contributed by atoms with Crippen LogP contribution in [0.25, 0.3) is 0 Å². The lowest BCUT2D eigenvalue weighted by molar-refractivity contribution is 0.102. The van der Waals surface area contributed by atoms with Crippen molar-refractivity contribution < 1.29 is 14.3 Å². The van der Waals surface area contributed by atoms with Gasteiger partial charge in [-0.1, -0.05) is 0 Å². The Hall–Kier alpha value is -3.58. The topological polar surface area (TPSA) is 71.6 Å². The van der Waals surface area contributed by atoms with Crippen molar-refractivity contribution in [1.82, 2.24) is 0 Å². The summed E-state index contributed by atoms with van der Waals surface area (Å²) in [5.41, 5.74) is 2.86. The van der Waals surface area contributed by atoms with E-state index in [4.69, 9.17) is 21.7 Å². The maximum atomic E-state index is 12.4. The summed E-state index contributed by atoms with van der Waals surface area (Å²) in [4.78, 5) is 12.4. The first-order valence-corrected chi connectivity index (χ1v) is 9.26. The summed E-state index contributed by atoms with van der Waals surface area (Å²) in [6, 6.07) is 21.7. The second-order valence-electron chi connectivity index (χ2n) is 6.07. The van der Waals surface area contributed by atoms with Gasteiger partial charge in [0.1, 0.15) is 11.5 Å². The number of amides is 1. The number of carbonyl (C=O) groups is 1. The van der Waals surface area contributed by atoms with Crippen LogP contribution in [0.15, 0.2) is 72.8 Å². The lowest BCUT2D eigenvalue weighted by Crippen LogP contribution is -2.19. The number of rotatable bonds is 6. The van der Waals surface area contributed by atoms with E-state index in [0.29, 0.717) is 16.4 Å². The molecule has 3 aromatic rings. The highest BCUT2D eigenvalue weighted by molar-refractivity contribution is 7.80. The van der Waals surface area contributed by atoms with Gasteiger partial charge in [0, 0.05) is 22.6 Å². The molecule has 0 unspecified atom stereocenters. The number of ether oxygens (including phenoxy) is 2. The summed E-state index contributed by atoms with van der Waals surface area (Å²) in [7, 11) is 3.22. The summed E-state index contributed by atoms with van der Waals surface area (Å²) >= 11 is 5.33. The molecule has 0 heterocycles. The molecule has 0 radical (unpaired) electrons. The van der Waals surface area contributed by atoms with Gasteiger partial charge in [-0.3, -0.25) is 4.79 Å². The SMILES string of the molecule is COc1ccc(NC(=O)c2ccc(NC(=S)Nc3ccc(OC)cc3)cc2)cc1. The highest BCUT2D eigenvalue weighted by Gasteiger charge is 2.07. The van der Waals surface area contributed by atoms with Crippen LogP contribution in [0.4, 0.5) is 17.1 Å². The molecule has 0 aliphatic rings. The van der Waals surface area contributed by atoms with E-state index < -0.39 is 0 Å². The number of thiocarbonyl (C=S) groups is 1. The van der Waals surface area contributed by atoms with Crippen molar-refractivity contribution in [3.63, 3.8) is 0 Å². The predicted octanol–water partition coefficient (Wildman–Crippen LogP) is 4.77. The molecule has 0 aliphatic heterocycles. The van der Waals surface area contributed by atoms with Gasteiger partial charge in [-0.2, -0.15) is 0 Å². The van der Waals surface area contributed by atoms with E-state index in [1.807, 2.05) is 24.3 Å². The average molecular weight is 407 g/mol. The van der Waals surface area contributed by atoms with E-state index in [9.17, 15) is 4.79 Å². The molecule has 3 rings (SSSR count). The van der Waals surface area contributed by atoms with Gasteiger partial charge < -0.3 is 25.4 Å². The summed E-state index contributed by atoms with van der Waals surface area (Å²) in [6.45, 7) is 0. The monoisotopic (exact) mass is 407 g/mol. The van der Waals surface area contributed by atoms with Gasteiger partial charge in [0.25, 0.3) is 5.91 Å². The number of hydrogen-bond donors (Lipinski definition) is 3. The Kier molecular flexibility index (Phi) is 6.65. The second-order valence-corrected chi connectivity index (χ2v) is 6.48. The van der Waals surface area contributed by atoms with Crippen LogP contribution in [0.1, 0.15) is 10.4 Å². The van der Waals surface area contributed by atoms with Gasteiger partial charge in [-0.05, 0) is 85.0 Å². The Morgan fingerprint density at radius 1 is 0.655 bits per heavy atom. The Labute approximate surface area is 174 Å². The minimum absolute atomic E-state index is 0.194. The summed E-state index contributed by atoms with van der Waals surface area (Å²) in [5.74, 6) is 1.32. The predicted molar refractivity (Wildman–Crippen MR) is 120 cm³/mol. The normalized spacial score (nSPS) is 10.0. The van der Waals surface area contributed by atoms with Gasteiger partial charge in [-0.25, -0.2) is 0 Å². The van der Waals surface area contributed by atoms with E-state index in [1.165, 1.54) is 0 Å². The molecule has 0 aliphatic carbocycles. The third-order valence-corrected chi connectivity index (χ3v) is 4.30. The van der Waals surface area contributed by atoms with E-state index >= 15 is 0 Å². The first-order valence-electron chi connectivity index (χ1n) is 8.85. The zero-order valence-corrected chi connectivity index (χ0v) is 16.9. The molecule has 0 aromatic heterocycles. The molecule has 3 aromatic carbocycles. The smallest absolute Gasteiger partial charge is 0.255 e. The van der Waals surface area contributed by atoms with E-state index in [-0.39, 0.29) is 5.91 Å². The minimum Gasteiger partial charge on any atom is -0.497 e. The van der Waals surface area contributed by atoms with Crippen molar-refractivity contribution in [3.05, 3.63) is 78.4 Å². The van der Waals surface area contributed by atoms with E-state index in [2.05, 4.69) is 16.0 Å². The number of carbonyl (C=O) groups excluding carboxylic acids is 1. The molecular weight excluding hydrogens is 386 g/mol. The first kappa shape index (κ1) is 20.2. The maximum Gasteiger partial charge on any atom is 0.255 e. The van der Waals surface area contributed by atoms with Gasteiger partial charge in [0.2, 0.25) is 0 Å². The zero-order chi connectivity index (χ0) is 20.6. The molecule has 0 spiro atoms. The summed E-state index contributed by atoms with van der Waals surface area (Å²) in [5, 5.41) is 9.49. The van der Waals surface area contributed by atoms with Crippen LogP contribution >= 0.6 is 12.2 Å². The van der Waals surface area contributed by atoms with Gasteiger partial charge in [-0.15, -0.1) is 0 Å². The zero-order valence-electron chi connectivity index (χ0n) is 16.1. The van der Waals surface area contributed by atoms with Crippen molar-refractivity contribution in [2.24, 2.45) is 0 Å². The largest absolute Gasteiger partial charge is 0.497 e. The number of hydrogen-bond acceptors (Lipinski definition) is 4. The lowest BCUT2D eigenvalue weighted by Gasteiger charge is -2.12. The van der Waals surface area contributed by atoms with Crippen molar-refractivity contribution >= 4 is 40.3 Å². The quantitative estimate of drug-likeness (QED) is 0.512. The van der Waals surface area contributed by atoms with Crippen LogP contribution in [0.5, 0.6) is 11.5 Å². The first-order chi connectivity index (χ1) is 14.1. The molecule has 6 nitrogen and oxygen atoms in total. The molecule has 3 N–H and O–H groups in total. The Bertz CT molecular complexity index is 972.